The van der Waals surface area contributed by atoms with Crippen LogP contribution in [0, 0.1) is 5.82 Å². The molecule has 0 amide bonds. The van der Waals surface area contributed by atoms with E-state index >= 15 is 0 Å². The molecule has 0 aromatic heterocycles. The van der Waals surface area contributed by atoms with Gasteiger partial charge in [0.25, 0.3) is 0 Å². The van der Waals surface area contributed by atoms with Gasteiger partial charge in [-0.1, -0.05) is 29.8 Å². The van der Waals surface area contributed by atoms with Crippen LogP contribution in [0.25, 0.3) is 0 Å². The van der Waals surface area contributed by atoms with Crippen LogP contribution in [0.4, 0.5) is 15.8 Å². The maximum atomic E-state index is 13.8. The zero-order valence-electron chi connectivity index (χ0n) is 10.4. The Morgan fingerprint density at radius 1 is 1.21 bits per heavy atom. The molecule has 0 spiro atoms. The lowest BCUT2D eigenvalue weighted by molar-refractivity contribution is 0.606. The third kappa shape index (κ3) is 2.15. The molecule has 3 rings (SSSR count). The summed E-state index contributed by atoms with van der Waals surface area (Å²) in [6.45, 7) is 1.29. The zero-order chi connectivity index (χ0) is 13.4. The molecule has 19 heavy (non-hydrogen) atoms. The van der Waals surface area contributed by atoms with Crippen molar-refractivity contribution in [3.63, 3.8) is 0 Å². The summed E-state index contributed by atoms with van der Waals surface area (Å²) in [5.41, 5.74) is 9.52. The monoisotopic (exact) mass is 276 g/mol. The molecule has 0 aliphatic carbocycles. The van der Waals surface area contributed by atoms with Gasteiger partial charge >= 0.3 is 0 Å². The molecular formula is C15H14ClFN2. The number of fused-ring (bicyclic) bond motifs is 1. The van der Waals surface area contributed by atoms with Crippen molar-refractivity contribution >= 4 is 23.0 Å². The highest BCUT2D eigenvalue weighted by molar-refractivity contribution is 6.31. The standard InChI is InChI=1S/C15H14ClFN2/c16-12-4-2-5-13(17)11(12)9-19-8-7-10-3-1-6-14(18)15(10)19/h1-6H,7-9,18H2. The second kappa shape index (κ2) is 4.74. The molecular weight excluding hydrogens is 263 g/mol. The van der Waals surface area contributed by atoms with Crippen LogP contribution in [-0.4, -0.2) is 6.54 Å². The first-order valence-electron chi connectivity index (χ1n) is 6.22. The topological polar surface area (TPSA) is 29.3 Å². The van der Waals surface area contributed by atoms with Crippen molar-refractivity contribution in [2.45, 2.75) is 13.0 Å². The summed E-state index contributed by atoms with van der Waals surface area (Å²) < 4.78 is 13.8. The number of anilines is 2. The van der Waals surface area contributed by atoms with Crippen LogP contribution in [-0.2, 0) is 13.0 Å². The maximum Gasteiger partial charge on any atom is 0.129 e. The Balaban J connectivity index is 1.95. The van der Waals surface area contributed by atoms with Crippen LogP contribution in [0.5, 0.6) is 0 Å². The first-order valence-corrected chi connectivity index (χ1v) is 6.60. The summed E-state index contributed by atoms with van der Waals surface area (Å²) >= 11 is 6.08. The number of hydrogen-bond acceptors (Lipinski definition) is 2. The van der Waals surface area contributed by atoms with Crippen molar-refractivity contribution in [2.24, 2.45) is 0 Å². The Labute approximate surface area is 116 Å². The highest BCUT2D eigenvalue weighted by Gasteiger charge is 2.22. The molecule has 1 aliphatic heterocycles. The second-order valence-electron chi connectivity index (χ2n) is 4.73. The molecule has 2 aromatic carbocycles. The SMILES string of the molecule is Nc1cccc2c1N(Cc1c(F)cccc1Cl)CC2. The van der Waals surface area contributed by atoms with Crippen molar-refractivity contribution in [3.8, 4) is 0 Å². The number of rotatable bonds is 2. The second-order valence-corrected chi connectivity index (χ2v) is 5.13. The Kier molecular flexibility index (Phi) is 3.07. The molecule has 0 bridgehead atoms. The van der Waals surface area contributed by atoms with Crippen LogP contribution in [0.2, 0.25) is 5.02 Å². The minimum atomic E-state index is -0.268. The number of hydrogen-bond donors (Lipinski definition) is 1. The van der Waals surface area contributed by atoms with E-state index in [1.54, 1.807) is 12.1 Å². The quantitative estimate of drug-likeness (QED) is 0.849. The van der Waals surface area contributed by atoms with E-state index in [0.29, 0.717) is 17.1 Å². The zero-order valence-corrected chi connectivity index (χ0v) is 11.1. The van der Waals surface area contributed by atoms with E-state index in [9.17, 15) is 4.39 Å². The van der Waals surface area contributed by atoms with Gasteiger partial charge in [-0.05, 0) is 30.2 Å². The predicted octanol–water partition coefficient (Wildman–Crippen LogP) is 3.62. The number of benzene rings is 2. The summed E-state index contributed by atoms with van der Waals surface area (Å²) in [7, 11) is 0. The van der Waals surface area contributed by atoms with Gasteiger partial charge < -0.3 is 10.6 Å². The van der Waals surface area contributed by atoms with Gasteiger partial charge in [0, 0.05) is 23.7 Å². The highest BCUT2D eigenvalue weighted by atomic mass is 35.5. The molecule has 0 unspecified atom stereocenters. The van der Waals surface area contributed by atoms with Gasteiger partial charge in [-0.25, -0.2) is 4.39 Å². The smallest absolute Gasteiger partial charge is 0.129 e. The number of nitrogens with two attached hydrogens (primary N) is 1. The normalized spacial score (nSPS) is 13.7. The number of halogens is 2. The van der Waals surface area contributed by atoms with E-state index in [2.05, 4.69) is 11.0 Å². The van der Waals surface area contributed by atoms with Gasteiger partial charge in [0.05, 0.1) is 11.4 Å². The van der Waals surface area contributed by atoms with Gasteiger partial charge in [-0.2, -0.15) is 0 Å². The third-order valence-electron chi connectivity index (χ3n) is 3.53. The average Bonchev–Trinajstić information content (AvgIpc) is 2.79. The van der Waals surface area contributed by atoms with E-state index in [0.717, 1.165) is 24.3 Å². The molecule has 0 radical (unpaired) electrons. The fourth-order valence-corrected chi connectivity index (χ4v) is 2.82. The molecule has 98 valence electrons. The first-order chi connectivity index (χ1) is 9.16. The molecule has 4 heteroatoms. The van der Waals surface area contributed by atoms with Crippen molar-refractivity contribution in [1.82, 2.24) is 0 Å². The Morgan fingerprint density at radius 3 is 2.79 bits per heavy atom. The van der Waals surface area contributed by atoms with E-state index in [-0.39, 0.29) is 5.82 Å². The van der Waals surface area contributed by atoms with Gasteiger partial charge in [-0.15, -0.1) is 0 Å². The summed E-state index contributed by atoms with van der Waals surface area (Å²) in [5.74, 6) is -0.268. The molecule has 0 atom stereocenters. The minimum absolute atomic E-state index is 0.268. The Bertz CT molecular complexity index is 607. The van der Waals surface area contributed by atoms with E-state index in [4.69, 9.17) is 17.3 Å². The van der Waals surface area contributed by atoms with E-state index < -0.39 is 0 Å². The van der Waals surface area contributed by atoms with Gasteiger partial charge in [0.1, 0.15) is 5.82 Å². The molecule has 1 heterocycles. The first kappa shape index (κ1) is 12.3. The molecule has 2 nitrogen and oxygen atoms in total. The molecule has 2 N–H and O–H groups in total. The van der Waals surface area contributed by atoms with E-state index in [1.165, 1.54) is 11.6 Å². The summed E-state index contributed by atoms with van der Waals surface area (Å²) in [6.07, 6.45) is 0.937. The van der Waals surface area contributed by atoms with Crippen molar-refractivity contribution in [1.29, 1.82) is 0 Å². The van der Waals surface area contributed by atoms with Crippen LogP contribution < -0.4 is 10.6 Å². The largest absolute Gasteiger partial charge is 0.397 e. The highest BCUT2D eigenvalue weighted by Crippen LogP contribution is 2.35. The summed E-state index contributed by atoms with van der Waals surface area (Å²) in [4.78, 5) is 2.09. The van der Waals surface area contributed by atoms with Crippen LogP contribution in [0.3, 0.4) is 0 Å². The number of nitrogens with zero attached hydrogens (tertiary/aromatic N) is 1. The van der Waals surface area contributed by atoms with Crippen molar-refractivity contribution in [3.05, 3.63) is 58.4 Å². The van der Waals surface area contributed by atoms with Crippen LogP contribution in [0.15, 0.2) is 36.4 Å². The maximum absolute atomic E-state index is 13.8. The number of para-hydroxylation sites is 1. The van der Waals surface area contributed by atoms with Crippen molar-refractivity contribution < 1.29 is 4.39 Å². The lowest BCUT2D eigenvalue weighted by atomic mass is 10.1. The lowest BCUT2D eigenvalue weighted by Gasteiger charge is -2.21. The van der Waals surface area contributed by atoms with Gasteiger partial charge in [0.15, 0.2) is 0 Å². The predicted molar refractivity (Wildman–Crippen MR) is 77.0 cm³/mol. The Morgan fingerprint density at radius 2 is 2.00 bits per heavy atom. The lowest BCUT2D eigenvalue weighted by Crippen LogP contribution is -2.21. The average molecular weight is 277 g/mol. The summed E-state index contributed by atoms with van der Waals surface area (Å²) in [5, 5.41) is 0.461. The third-order valence-corrected chi connectivity index (χ3v) is 3.88. The fourth-order valence-electron chi connectivity index (χ4n) is 2.60. The van der Waals surface area contributed by atoms with Gasteiger partial charge in [0.2, 0.25) is 0 Å². The molecule has 2 aromatic rings. The molecule has 0 saturated heterocycles. The van der Waals surface area contributed by atoms with Crippen LogP contribution in [0.1, 0.15) is 11.1 Å². The van der Waals surface area contributed by atoms with E-state index in [1.807, 2.05) is 12.1 Å². The van der Waals surface area contributed by atoms with Crippen molar-refractivity contribution in [2.75, 3.05) is 17.2 Å². The minimum Gasteiger partial charge on any atom is -0.397 e. The molecule has 0 fully saturated rings. The molecule has 0 saturated carbocycles. The number of nitrogen functional groups attached to an aromatic ring is 1. The van der Waals surface area contributed by atoms with Gasteiger partial charge in [-0.3, -0.25) is 0 Å². The van der Waals surface area contributed by atoms with Crippen LogP contribution >= 0.6 is 11.6 Å². The Hall–Kier alpha value is -1.74. The molecule has 1 aliphatic rings. The fraction of sp³-hybridized carbons (Fsp3) is 0.200. The summed E-state index contributed by atoms with van der Waals surface area (Å²) in [6, 6.07) is 10.7.